The van der Waals surface area contributed by atoms with Crippen LogP contribution in [0.3, 0.4) is 0 Å². The van der Waals surface area contributed by atoms with Crippen LogP contribution in [0.4, 0.5) is 4.79 Å². The van der Waals surface area contributed by atoms with Crippen molar-refractivity contribution in [2.24, 2.45) is 0 Å². The van der Waals surface area contributed by atoms with Crippen molar-refractivity contribution in [1.29, 1.82) is 0 Å². The number of carbonyl (C=O) groups is 1. The zero-order valence-electron chi connectivity index (χ0n) is 12.0. The Kier molecular flexibility index (Phi) is 4.71. The third-order valence-corrected chi connectivity index (χ3v) is 3.44. The van der Waals surface area contributed by atoms with Crippen LogP contribution in [0.2, 0.25) is 4.47 Å². The fraction of sp³-hybridized carbons (Fsp3) is 0.333. The summed E-state index contributed by atoms with van der Waals surface area (Å²) in [6.07, 6.45) is -0.471. The summed E-state index contributed by atoms with van der Waals surface area (Å²) in [6, 6.07) is 5.68. The van der Waals surface area contributed by atoms with Gasteiger partial charge in [-0.15, -0.1) is 11.3 Å². The number of carbonyl (C=O) groups excluding carboxylic acids is 1. The van der Waals surface area contributed by atoms with Crippen LogP contribution in [-0.4, -0.2) is 23.2 Å². The average Bonchev–Trinajstić information content (AvgIpc) is 2.71. The lowest BCUT2D eigenvalue weighted by Crippen LogP contribution is -2.32. The number of nitrogens with one attached hydrogen (secondary N) is 1. The summed E-state index contributed by atoms with van der Waals surface area (Å²) in [5.74, 6) is 5.86. The number of fused-ring (bicyclic) bond motifs is 1. The predicted octanol–water partition coefficient (Wildman–Crippen LogP) is 3.83. The minimum atomic E-state index is -0.506. The van der Waals surface area contributed by atoms with E-state index < -0.39 is 11.7 Å². The molecular formula is C15H15ClN2O2S. The summed E-state index contributed by atoms with van der Waals surface area (Å²) in [7, 11) is 0. The molecule has 2 rings (SSSR count). The van der Waals surface area contributed by atoms with Crippen LogP contribution in [0.25, 0.3) is 10.2 Å². The Morgan fingerprint density at radius 1 is 1.48 bits per heavy atom. The van der Waals surface area contributed by atoms with Crippen LogP contribution >= 0.6 is 22.9 Å². The van der Waals surface area contributed by atoms with Crippen LogP contribution < -0.4 is 5.32 Å². The topological polar surface area (TPSA) is 51.2 Å². The van der Waals surface area contributed by atoms with Crippen molar-refractivity contribution in [3.05, 3.63) is 28.2 Å². The van der Waals surface area contributed by atoms with Crippen molar-refractivity contribution < 1.29 is 9.53 Å². The first-order valence-corrected chi connectivity index (χ1v) is 7.55. The van der Waals surface area contributed by atoms with Gasteiger partial charge < -0.3 is 10.1 Å². The van der Waals surface area contributed by atoms with Crippen LogP contribution in [0.1, 0.15) is 26.3 Å². The maximum absolute atomic E-state index is 11.4. The fourth-order valence-corrected chi connectivity index (χ4v) is 2.62. The van der Waals surface area contributed by atoms with Gasteiger partial charge in [-0.2, -0.15) is 0 Å². The van der Waals surface area contributed by atoms with Gasteiger partial charge in [0, 0.05) is 5.56 Å². The number of amides is 1. The zero-order chi connectivity index (χ0) is 15.5. The summed E-state index contributed by atoms with van der Waals surface area (Å²) >= 11 is 7.27. The third kappa shape index (κ3) is 4.92. The minimum absolute atomic E-state index is 0.233. The SMILES string of the molecule is CC(C)(C)OC(=O)NCC#Cc1ccc2nc(Cl)sc2c1. The van der Waals surface area contributed by atoms with Gasteiger partial charge in [0.25, 0.3) is 0 Å². The number of rotatable bonds is 1. The van der Waals surface area contributed by atoms with Crippen molar-refractivity contribution in [2.45, 2.75) is 26.4 Å². The Balaban J connectivity index is 1.93. The number of halogens is 1. The fourth-order valence-electron chi connectivity index (χ4n) is 1.55. The molecule has 0 fully saturated rings. The van der Waals surface area contributed by atoms with Gasteiger partial charge in [0.2, 0.25) is 0 Å². The Labute approximate surface area is 132 Å². The minimum Gasteiger partial charge on any atom is -0.444 e. The zero-order valence-corrected chi connectivity index (χ0v) is 13.6. The number of aromatic nitrogens is 1. The molecule has 0 unspecified atom stereocenters. The highest BCUT2D eigenvalue weighted by Gasteiger charge is 2.14. The van der Waals surface area contributed by atoms with Gasteiger partial charge >= 0.3 is 6.09 Å². The molecule has 0 bridgehead atoms. The standard InChI is InChI=1S/C15H15ClN2O2S/c1-15(2,3)20-14(19)17-8-4-5-10-6-7-11-12(9-10)21-13(16)18-11/h6-7,9H,8H2,1-3H3,(H,17,19). The van der Waals surface area contributed by atoms with Crippen molar-refractivity contribution in [2.75, 3.05) is 6.54 Å². The summed E-state index contributed by atoms with van der Waals surface area (Å²) in [4.78, 5) is 15.6. The molecule has 4 nitrogen and oxygen atoms in total. The summed E-state index contributed by atoms with van der Waals surface area (Å²) in [5.41, 5.74) is 1.21. The van der Waals surface area contributed by atoms with Gasteiger partial charge in [-0.3, -0.25) is 0 Å². The lowest BCUT2D eigenvalue weighted by atomic mass is 10.2. The second-order valence-electron chi connectivity index (χ2n) is 5.31. The van der Waals surface area contributed by atoms with E-state index in [0.717, 1.165) is 15.8 Å². The second kappa shape index (κ2) is 6.33. The molecule has 110 valence electrons. The van der Waals surface area contributed by atoms with Crippen LogP contribution in [0.5, 0.6) is 0 Å². The number of ether oxygens (including phenoxy) is 1. The van der Waals surface area contributed by atoms with Gasteiger partial charge in [-0.05, 0) is 39.0 Å². The smallest absolute Gasteiger partial charge is 0.408 e. The van der Waals surface area contributed by atoms with Crippen LogP contribution in [0, 0.1) is 11.8 Å². The molecule has 0 saturated heterocycles. The molecule has 0 atom stereocenters. The van der Waals surface area contributed by atoms with E-state index in [-0.39, 0.29) is 6.54 Å². The molecule has 0 spiro atoms. The van der Waals surface area contributed by atoms with E-state index in [4.69, 9.17) is 16.3 Å². The molecule has 2 aromatic rings. The molecule has 0 aliphatic carbocycles. The quantitative estimate of drug-likeness (QED) is 0.812. The van der Waals surface area contributed by atoms with Crippen molar-refractivity contribution in [1.82, 2.24) is 10.3 Å². The van der Waals surface area contributed by atoms with Crippen LogP contribution in [0.15, 0.2) is 18.2 Å². The highest BCUT2D eigenvalue weighted by Crippen LogP contribution is 2.26. The van der Waals surface area contributed by atoms with Crippen LogP contribution in [-0.2, 0) is 4.74 Å². The van der Waals surface area contributed by atoms with E-state index in [0.29, 0.717) is 4.47 Å². The number of alkyl carbamates (subject to hydrolysis) is 1. The first-order valence-electron chi connectivity index (χ1n) is 6.35. The molecule has 1 aromatic carbocycles. The lowest BCUT2D eigenvalue weighted by Gasteiger charge is -2.18. The molecule has 1 heterocycles. The lowest BCUT2D eigenvalue weighted by molar-refractivity contribution is 0.0535. The average molecular weight is 323 g/mol. The molecule has 1 aromatic heterocycles. The summed E-state index contributed by atoms with van der Waals surface area (Å²) < 4.78 is 6.62. The Hall–Kier alpha value is -1.77. The van der Waals surface area contributed by atoms with E-state index in [1.807, 2.05) is 39.0 Å². The van der Waals surface area contributed by atoms with Crippen molar-refractivity contribution in [3.63, 3.8) is 0 Å². The largest absolute Gasteiger partial charge is 0.444 e. The number of hydrogen-bond donors (Lipinski definition) is 1. The van der Waals surface area contributed by atoms with Gasteiger partial charge in [0.1, 0.15) is 5.60 Å². The Morgan fingerprint density at radius 2 is 2.24 bits per heavy atom. The molecule has 0 aliphatic heterocycles. The number of hydrogen-bond acceptors (Lipinski definition) is 4. The van der Waals surface area contributed by atoms with E-state index in [9.17, 15) is 4.79 Å². The molecule has 0 radical (unpaired) electrons. The summed E-state index contributed by atoms with van der Waals surface area (Å²) in [6.45, 7) is 5.67. The highest BCUT2D eigenvalue weighted by atomic mass is 35.5. The van der Waals surface area contributed by atoms with Gasteiger partial charge in [0.05, 0.1) is 16.8 Å². The third-order valence-electron chi connectivity index (χ3n) is 2.32. The molecule has 21 heavy (non-hydrogen) atoms. The van der Waals surface area contributed by atoms with E-state index in [1.54, 1.807) is 0 Å². The molecule has 6 heteroatoms. The van der Waals surface area contributed by atoms with Gasteiger partial charge in [0.15, 0.2) is 4.47 Å². The normalized spacial score (nSPS) is 10.9. The predicted molar refractivity (Wildman–Crippen MR) is 85.7 cm³/mol. The van der Waals surface area contributed by atoms with Gasteiger partial charge in [-0.25, -0.2) is 9.78 Å². The monoisotopic (exact) mass is 322 g/mol. The molecular weight excluding hydrogens is 308 g/mol. The number of thiazole rings is 1. The molecule has 0 saturated carbocycles. The highest BCUT2D eigenvalue weighted by molar-refractivity contribution is 7.22. The molecule has 0 aliphatic rings. The maximum atomic E-state index is 11.4. The number of nitrogens with zero attached hydrogens (tertiary/aromatic N) is 1. The molecule has 1 N–H and O–H groups in total. The van der Waals surface area contributed by atoms with Crippen molar-refractivity contribution in [3.8, 4) is 11.8 Å². The van der Waals surface area contributed by atoms with Gasteiger partial charge in [-0.1, -0.05) is 23.4 Å². The summed E-state index contributed by atoms with van der Waals surface area (Å²) in [5, 5.41) is 2.59. The van der Waals surface area contributed by atoms with E-state index >= 15 is 0 Å². The second-order valence-corrected chi connectivity index (χ2v) is 6.92. The molecule has 1 amide bonds. The van der Waals surface area contributed by atoms with E-state index in [1.165, 1.54) is 11.3 Å². The first-order chi connectivity index (χ1) is 9.83. The Morgan fingerprint density at radius 3 is 2.95 bits per heavy atom. The maximum Gasteiger partial charge on any atom is 0.408 e. The van der Waals surface area contributed by atoms with Crippen molar-refractivity contribution >= 4 is 39.2 Å². The van der Waals surface area contributed by atoms with E-state index in [2.05, 4.69) is 22.1 Å². The number of benzene rings is 1. The first kappa shape index (κ1) is 15.6. The Bertz CT molecular complexity index is 723.